The van der Waals surface area contributed by atoms with Gasteiger partial charge in [0, 0.05) is 78.3 Å². The second-order valence-electron chi connectivity index (χ2n) is 11.3. The van der Waals surface area contributed by atoms with E-state index in [1.165, 1.54) is 0 Å². The molecule has 1 fully saturated rings. The minimum absolute atomic E-state index is 0.233. The average molecular weight is 641 g/mol. The van der Waals surface area contributed by atoms with E-state index < -0.39 is 17.7 Å². The van der Waals surface area contributed by atoms with Gasteiger partial charge in [0.25, 0.3) is 23.6 Å². The zero-order valence-corrected chi connectivity index (χ0v) is 26.3. The molecular formula is C32H36N10O5. The Hall–Kier alpha value is -5.67. The molecule has 4 amide bonds. The number of amides is 4. The number of carbonyl (C=O) groups excluding carboxylic acids is 4. The van der Waals surface area contributed by atoms with Gasteiger partial charge in [-0.1, -0.05) is 6.07 Å². The smallest absolute Gasteiger partial charge is 0.275 e. The lowest BCUT2D eigenvalue weighted by molar-refractivity contribution is 0.0383. The molecule has 0 aliphatic carbocycles. The van der Waals surface area contributed by atoms with Crippen molar-refractivity contribution in [3.63, 3.8) is 0 Å². The Bertz CT molecular complexity index is 1930. The molecule has 0 aromatic carbocycles. The summed E-state index contributed by atoms with van der Waals surface area (Å²) in [5.74, 6) is -1.47. The molecule has 6 rings (SSSR count). The topological polar surface area (TPSA) is 161 Å². The molecule has 0 saturated carbocycles. The fourth-order valence-corrected chi connectivity index (χ4v) is 5.45. The van der Waals surface area contributed by atoms with Crippen LogP contribution in [-0.2, 0) is 25.9 Å². The minimum atomic E-state index is -0.425. The SMILES string of the molecule is Cn1cc(NC(=O)c2cc(NC(=O)c3cc(NC(=O)c4cn5ccccc5n4)cn3C)cn2C)cc1C(=O)NCCN1CCOCC1. The maximum atomic E-state index is 13.2. The lowest BCUT2D eigenvalue weighted by Gasteiger charge is -2.26. The quantitative estimate of drug-likeness (QED) is 0.182. The van der Waals surface area contributed by atoms with Crippen LogP contribution in [0.3, 0.4) is 0 Å². The standard InChI is InChI=1S/C32H36N10O5/c1-38-18-22(14-25(38)30(44)33-7-9-41-10-12-47-13-11-41)35-32(46)27-16-23(19-40(27)3)36-31(45)26-15-21(17-39(26)2)34-29(43)24-20-42-8-5-4-6-28(42)37-24/h4-6,8,14-20H,7,9-13H2,1-3H3,(H,33,44)(H,34,43)(H,35,46)(H,36,45). The van der Waals surface area contributed by atoms with E-state index in [4.69, 9.17) is 4.74 Å². The molecule has 0 unspecified atom stereocenters. The first kappa shape index (κ1) is 31.3. The Morgan fingerprint density at radius 1 is 0.723 bits per heavy atom. The molecule has 15 heteroatoms. The van der Waals surface area contributed by atoms with Crippen molar-refractivity contribution < 1.29 is 23.9 Å². The van der Waals surface area contributed by atoms with Crippen LogP contribution < -0.4 is 21.3 Å². The zero-order chi connectivity index (χ0) is 33.1. The normalized spacial score (nSPS) is 13.4. The molecule has 5 aromatic rings. The second-order valence-corrected chi connectivity index (χ2v) is 11.3. The van der Waals surface area contributed by atoms with E-state index >= 15 is 0 Å². The fraction of sp³-hybridized carbons (Fsp3) is 0.281. The molecule has 1 saturated heterocycles. The van der Waals surface area contributed by atoms with E-state index in [1.54, 1.807) is 94.5 Å². The number of carbonyl (C=O) groups is 4. The van der Waals surface area contributed by atoms with Gasteiger partial charge in [-0.2, -0.15) is 0 Å². The van der Waals surface area contributed by atoms with Crippen LogP contribution in [-0.4, -0.2) is 91.0 Å². The Morgan fingerprint density at radius 3 is 1.81 bits per heavy atom. The van der Waals surface area contributed by atoms with Crippen molar-refractivity contribution in [3.05, 3.63) is 90.2 Å². The van der Waals surface area contributed by atoms with Crippen molar-refractivity contribution in [3.8, 4) is 0 Å². The fourth-order valence-electron chi connectivity index (χ4n) is 5.45. The number of ether oxygens (including phenoxy) is 1. The highest BCUT2D eigenvalue weighted by atomic mass is 16.5. The molecule has 1 aliphatic rings. The number of hydrogen-bond acceptors (Lipinski definition) is 7. The van der Waals surface area contributed by atoms with Crippen LogP contribution >= 0.6 is 0 Å². The first-order valence-corrected chi connectivity index (χ1v) is 15.1. The molecule has 1 aliphatic heterocycles. The van der Waals surface area contributed by atoms with Crippen molar-refractivity contribution in [2.24, 2.45) is 21.1 Å². The molecule has 244 valence electrons. The molecule has 0 bridgehead atoms. The molecular weight excluding hydrogens is 604 g/mol. The first-order valence-electron chi connectivity index (χ1n) is 15.1. The molecule has 6 heterocycles. The van der Waals surface area contributed by atoms with Gasteiger partial charge in [0.15, 0.2) is 0 Å². The van der Waals surface area contributed by atoms with Crippen LogP contribution in [0, 0.1) is 0 Å². The number of morpholine rings is 1. The lowest BCUT2D eigenvalue weighted by Crippen LogP contribution is -2.41. The third-order valence-corrected chi connectivity index (χ3v) is 7.90. The molecule has 47 heavy (non-hydrogen) atoms. The maximum Gasteiger partial charge on any atom is 0.275 e. The van der Waals surface area contributed by atoms with Gasteiger partial charge in [-0.05, 0) is 30.3 Å². The molecule has 0 atom stereocenters. The summed E-state index contributed by atoms with van der Waals surface area (Å²) in [6, 6.07) is 10.2. The highest BCUT2D eigenvalue weighted by Crippen LogP contribution is 2.20. The van der Waals surface area contributed by atoms with Crippen molar-refractivity contribution in [1.29, 1.82) is 0 Å². The predicted molar refractivity (Wildman–Crippen MR) is 175 cm³/mol. The molecule has 5 aromatic heterocycles. The summed E-state index contributed by atoms with van der Waals surface area (Å²) >= 11 is 0. The van der Waals surface area contributed by atoms with Crippen molar-refractivity contribution in [1.82, 2.24) is 33.3 Å². The number of nitrogens with one attached hydrogen (secondary N) is 4. The third kappa shape index (κ3) is 7.10. The predicted octanol–water partition coefficient (Wildman–Crippen LogP) is 2.17. The highest BCUT2D eigenvalue weighted by Gasteiger charge is 2.20. The summed E-state index contributed by atoms with van der Waals surface area (Å²) in [7, 11) is 5.12. The number of imidazole rings is 1. The van der Waals surface area contributed by atoms with E-state index in [0.29, 0.717) is 59.5 Å². The van der Waals surface area contributed by atoms with Crippen LogP contribution in [0.2, 0.25) is 0 Å². The van der Waals surface area contributed by atoms with E-state index in [0.717, 1.165) is 19.6 Å². The van der Waals surface area contributed by atoms with Gasteiger partial charge >= 0.3 is 0 Å². The maximum absolute atomic E-state index is 13.2. The van der Waals surface area contributed by atoms with Gasteiger partial charge in [-0.15, -0.1) is 0 Å². The van der Waals surface area contributed by atoms with Gasteiger partial charge in [-0.3, -0.25) is 24.1 Å². The van der Waals surface area contributed by atoms with Gasteiger partial charge in [0.05, 0.1) is 30.3 Å². The monoisotopic (exact) mass is 640 g/mol. The second kappa shape index (κ2) is 13.4. The van der Waals surface area contributed by atoms with Crippen molar-refractivity contribution >= 4 is 46.3 Å². The van der Waals surface area contributed by atoms with E-state index in [9.17, 15) is 19.2 Å². The van der Waals surface area contributed by atoms with E-state index in [2.05, 4.69) is 31.2 Å². The summed E-state index contributed by atoms with van der Waals surface area (Å²) in [4.78, 5) is 58.4. The number of aromatic nitrogens is 5. The highest BCUT2D eigenvalue weighted by molar-refractivity contribution is 6.08. The summed E-state index contributed by atoms with van der Waals surface area (Å²) < 4.78 is 12.0. The van der Waals surface area contributed by atoms with E-state index in [1.807, 2.05) is 12.1 Å². The van der Waals surface area contributed by atoms with E-state index in [-0.39, 0.29) is 11.6 Å². The number of hydrogen-bond donors (Lipinski definition) is 4. The largest absolute Gasteiger partial charge is 0.379 e. The number of rotatable bonds is 10. The zero-order valence-electron chi connectivity index (χ0n) is 26.3. The summed E-state index contributed by atoms with van der Waals surface area (Å²) in [6.45, 7) is 4.33. The van der Waals surface area contributed by atoms with Crippen LogP contribution in [0.15, 0.2) is 67.4 Å². The number of anilines is 3. The Balaban J connectivity index is 1.04. The Morgan fingerprint density at radius 2 is 1.26 bits per heavy atom. The number of aryl methyl sites for hydroxylation is 3. The van der Waals surface area contributed by atoms with Crippen LogP contribution in [0.1, 0.15) is 42.0 Å². The summed E-state index contributed by atoms with van der Waals surface area (Å²) in [5, 5.41) is 11.3. The Kier molecular flexibility index (Phi) is 8.90. The molecule has 15 nitrogen and oxygen atoms in total. The number of nitrogens with zero attached hydrogens (tertiary/aromatic N) is 6. The minimum Gasteiger partial charge on any atom is -0.379 e. The molecule has 0 spiro atoms. The van der Waals surface area contributed by atoms with Gasteiger partial charge in [-0.25, -0.2) is 4.98 Å². The number of pyridine rings is 1. The third-order valence-electron chi connectivity index (χ3n) is 7.90. The molecule has 4 N–H and O–H groups in total. The lowest BCUT2D eigenvalue weighted by atomic mass is 10.3. The van der Waals surface area contributed by atoms with Crippen LogP contribution in [0.5, 0.6) is 0 Å². The van der Waals surface area contributed by atoms with Crippen molar-refractivity contribution in [2.75, 3.05) is 55.3 Å². The molecule has 0 radical (unpaired) electrons. The Labute approximate surface area is 270 Å². The van der Waals surface area contributed by atoms with Crippen molar-refractivity contribution in [2.45, 2.75) is 0 Å². The number of fused-ring (bicyclic) bond motifs is 1. The summed E-state index contributed by atoms with van der Waals surface area (Å²) in [6.07, 6.45) is 8.36. The van der Waals surface area contributed by atoms with Crippen LogP contribution in [0.4, 0.5) is 17.1 Å². The summed E-state index contributed by atoms with van der Waals surface area (Å²) in [5.41, 5.74) is 3.21. The van der Waals surface area contributed by atoms with Gasteiger partial charge in [0.1, 0.15) is 28.4 Å². The first-order chi connectivity index (χ1) is 22.6. The van der Waals surface area contributed by atoms with Crippen LogP contribution in [0.25, 0.3) is 5.65 Å². The van der Waals surface area contributed by atoms with Gasteiger partial charge < -0.3 is 44.1 Å². The average Bonchev–Trinajstić information content (AvgIpc) is 3.82. The van der Waals surface area contributed by atoms with Gasteiger partial charge in [0.2, 0.25) is 0 Å².